The van der Waals surface area contributed by atoms with Crippen LogP contribution in [0.15, 0.2) is 73.3 Å². The minimum atomic E-state index is -1.39. The number of aliphatic carboxylic acids is 3. The molecule has 3 amide bonds. The predicted octanol–water partition coefficient (Wildman–Crippen LogP) is 4.53. The van der Waals surface area contributed by atoms with E-state index in [1.165, 1.54) is 41.5 Å². The van der Waals surface area contributed by atoms with Crippen molar-refractivity contribution in [3.8, 4) is 6.07 Å². The highest BCUT2D eigenvalue weighted by atomic mass is 16.6. The lowest BCUT2D eigenvalue weighted by Gasteiger charge is -2.33. The number of carbonyl (C=O) groups excluding carboxylic acids is 9. The summed E-state index contributed by atoms with van der Waals surface area (Å²) in [6.07, 6.45) is 1.70. The Labute approximate surface area is 786 Å². The van der Waals surface area contributed by atoms with Crippen LogP contribution in [0, 0.1) is 31.0 Å². The quantitative estimate of drug-likeness (QED) is 0.0187. The minimum absolute atomic E-state index is 0.0130. The zero-order valence-electron chi connectivity index (χ0n) is 79.2. The molecule has 17 N–H and O–H groups in total. The number of ketones is 6. The number of hydrogen-bond acceptors (Lipinski definition) is 35. The molecule has 0 heterocycles. The Hall–Kier alpha value is -10.4. The van der Waals surface area contributed by atoms with Gasteiger partial charge in [0.05, 0.1) is 207 Å². The van der Waals surface area contributed by atoms with Crippen LogP contribution in [0.1, 0.15) is 144 Å². The van der Waals surface area contributed by atoms with Crippen LogP contribution in [0.25, 0.3) is 14.5 Å². The Kier molecular flexibility index (Phi) is 84.3. The van der Waals surface area contributed by atoms with Gasteiger partial charge in [-0.2, -0.15) is 5.26 Å². The summed E-state index contributed by atoms with van der Waals surface area (Å²) < 4.78 is 80.9. The molecule has 0 bridgehead atoms. The van der Waals surface area contributed by atoms with E-state index in [-0.39, 0.29) is 251 Å². The molecule has 0 saturated heterocycles. The Morgan fingerprint density at radius 2 is 0.649 bits per heavy atom. The molecule has 0 radical (unpaired) electrons. The van der Waals surface area contributed by atoms with E-state index in [1.54, 1.807) is 30.3 Å². The zero-order valence-corrected chi connectivity index (χ0v) is 79.2. The molecule has 0 unspecified atom stereocenters. The van der Waals surface area contributed by atoms with Gasteiger partial charge in [-0.25, -0.2) is 34.1 Å². The molecule has 44 heteroatoms. The van der Waals surface area contributed by atoms with Gasteiger partial charge in [-0.1, -0.05) is 66.7 Å². The highest BCUT2D eigenvalue weighted by Crippen LogP contribution is 2.16. The Bertz CT molecular complexity index is 3340. The minimum Gasteiger partial charge on any atom is -0.481 e. The lowest BCUT2D eigenvalue weighted by Crippen LogP contribution is -2.58. The number of hydrogen-bond donors (Lipinski definition) is 13. The van der Waals surface area contributed by atoms with Crippen LogP contribution < -0.4 is 38.9 Å². The fourth-order valence-corrected chi connectivity index (χ4v) is 8.85. The number of ether oxygens (including phenoxy) is 15. The normalized spacial score (nSPS) is 10.9. The molecule has 0 fully saturated rings. The highest BCUT2D eigenvalue weighted by Gasteiger charge is 2.37. The second-order valence-corrected chi connectivity index (χ2v) is 31.1. The monoisotopic (exact) mass is 1910 g/mol. The van der Waals surface area contributed by atoms with E-state index >= 15 is 0 Å². The van der Waals surface area contributed by atoms with Crippen LogP contribution in [0.3, 0.4) is 0 Å². The summed E-state index contributed by atoms with van der Waals surface area (Å²) in [5.41, 5.74) is 18.4. The third kappa shape index (κ3) is 90.8. The summed E-state index contributed by atoms with van der Waals surface area (Å²) in [6.45, 7) is 40.7. The Morgan fingerprint density at radius 1 is 0.403 bits per heavy atom. The number of aliphatic hydroxyl groups excluding tert-OH is 3. The first kappa shape index (κ1) is 132. The predicted molar refractivity (Wildman–Crippen MR) is 488 cm³/mol. The summed E-state index contributed by atoms with van der Waals surface area (Å²) in [4.78, 5) is 144. The third-order valence-corrected chi connectivity index (χ3v) is 16.0. The first-order valence-corrected chi connectivity index (χ1v) is 42.8. The summed E-state index contributed by atoms with van der Waals surface area (Å²) in [5, 5.41) is 67.1. The summed E-state index contributed by atoms with van der Waals surface area (Å²) in [5.74, 6) is -3.17. The van der Waals surface area contributed by atoms with E-state index < -0.39 is 83.2 Å². The maximum atomic E-state index is 12.6. The number of carboxylic acids is 3. The van der Waals surface area contributed by atoms with Crippen molar-refractivity contribution in [2.75, 3.05) is 211 Å². The van der Waals surface area contributed by atoms with Gasteiger partial charge < -0.3 is 155 Å². The molecular weight excluding hydrogens is 1760 g/mol. The van der Waals surface area contributed by atoms with Gasteiger partial charge in [0.15, 0.2) is 0 Å². The lowest BCUT2D eigenvalue weighted by atomic mass is 10.0. The fraction of sp³-hybridized carbons (Fsp3) is 0.667. The van der Waals surface area contributed by atoms with Crippen LogP contribution in [-0.2, 0) is 127 Å². The van der Waals surface area contributed by atoms with Crippen molar-refractivity contribution in [3.05, 3.63) is 119 Å². The number of amides is 3. The first-order chi connectivity index (χ1) is 63.4. The van der Waals surface area contributed by atoms with Gasteiger partial charge in [0.25, 0.3) is 0 Å². The van der Waals surface area contributed by atoms with Crippen molar-refractivity contribution >= 4 is 70.9 Å². The lowest BCUT2D eigenvalue weighted by molar-refractivity contribution is -0.139. The number of benzene rings is 2. The Balaban J connectivity index is -0.000000514. The molecule has 134 heavy (non-hydrogen) atoms. The molecule has 0 saturated carbocycles. The van der Waals surface area contributed by atoms with Gasteiger partial charge in [-0.05, 0) is 86.4 Å². The van der Waals surface area contributed by atoms with Crippen LogP contribution >= 0.6 is 0 Å². The van der Waals surface area contributed by atoms with Crippen LogP contribution in [-0.4, -0.2) is 346 Å². The molecule has 0 aliphatic heterocycles. The van der Waals surface area contributed by atoms with E-state index in [0.717, 1.165) is 17.5 Å². The molecule has 0 aromatic heterocycles. The topological polar surface area (TPSA) is 642 Å². The van der Waals surface area contributed by atoms with Crippen molar-refractivity contribution in [2.45, 2.75) is 179 Å². The van der Waals surface area contributed by atoms with Gasteiger partial charge in [0.1, 0.15) is 84.4 Å². The second kappa shape index (κ2) is 85.5. The van der Waals surface area contributed by atoms with E-state index in [4.69, 9.17) is 150 Å². The number of nitrogens with two attached hydrogens (primary N) is 4. The van der Waals surface area contributed by atoms with Crippen LogP contribution in [0.5, 0.6) is 0 Å². The second-order valence-electron chi connectivity index (χ2n) is 31.1. The summed E-state index contributed by atoms with van der Waals surface area (Å²) >= 11 is 0. The number of carbonyl (C=O) groups is 12. The number of allylic oxidation sites excluding steroid dienone is 1. The number of Topliss-reactive ketones (excluding diaryl/α,β-unsaturated/α-hetero) is 6. The van der Waals surface area contributed by atoms with Gasteiger partial charge in [0.2, 0.25) is 19.6 Å². The van der Waals surface area contributed by atoms with Crippen molar-refractivity contribution in [1.82, 2.24) is 16.0 Å². The molecule has 2 aromatic rings. The van der Waals surface area contributed by atoms with Crippen molar-refractivity contribution in [1.29, 1.82) is 5.26 Å². The number of nitrogens with zero attached hydrogens (tertiary/aromatic N) is 4. The van der Waals surface area contributed by atoms with Gasteiger partial charge in [-0.3, -0.25) is 43.2 Å². The average Bonchev–Trinajstić information content (AvgIpc) is 0.853. The number of aliphatic hydroxyl groups is 3. The first-order valence-electron chi connectivity index (χ1n) is 42.8. The van der Waals surface area contributed by atoms with Gasteiger partial charge in [0, 0.05) is 45.1 Å². The van der Waals surface area contributed by atoms with E-state index in [9.17, 15) is 57.5 Å². The molecule has 0 spiro atoms. The van der Waals surface area contributed by atoms with Crippen LogP contribution in [0.2, 0.25) is 0 Å². The van der Waals surface area contributed by atoms with E-state index in [0.29, 0.717) is 58.6 Å². The van der Waals surface area contributed by atoms with Crippen molar-refractivity contribution in [2.24, 2.45) is 22.9 Å². The molecule has 760 valence electrons. The van der Waals surface area contributed by atoms with Crippen molar-refractivity contribution < 1.29 is 159 Å². The van der Waals surface area contributed by atoms with Crippen molar-refractivity contribution in [3.63, 3.8) is 0 Å². The molecule has 44 nitrogen and oxygen atoms in total. The Morgan fingerprint density at radius 3 is 0.843 bits per heavy atom. The maximum absolute atomic E-state index is 12.6. The number of alkyl carbamates (subject to hydrolysis) is 3. The molecule has 0 aliphatic rings. The summed E-state index contributed by atoms with van der Waals surface area (Å²) in [7, 11) is 0. The number of nitriles is 1. The standard InChI is InChI=1S/C24H35NO8.C21H29NO11.C16H29NO6.C13H20N4O3.C8H18N2O2.C4H11NO3.C4H5N/c1-19(26)9-12-30-16-24(17-31-13-10-20(2)27,18-32-14-11-21(3)28)25-23(29)33-15-22-7-5-4-6-8-22;23-17(24)6-9-30-13-21(14-31-10-7-18(25)26,15-32-11-8-19(27)28)22-20(29)33-12-16-4-2-1-3-5-16;1-13(18)4-7-21-10-16(17,11-22-8-5-14(2)19)12-23-9-6-15(3)20;1-15-4-7-18-10-13(14,11-19-8-5-16-2)12-20-9-6-17-3;1-8(2,3)12-7(11)10-6-4-5-9;5-4(1-6,2-7)3-8;1-2-3-4-5/h4-8H,9-18H2,1-3H3,(H,25,29);1-5H,6-15H2,(H,22,29)(H,23,24)(H,25,26)(H,27,28);4-12,17H2,1-3H3;4-12,14H2;4-6,9H2,1-3H3,(H,10,11);6-8H,1-3,5H2;2H,1,3H2. The largest absolute Gasteiger partial charge is 0.481 e. The van der Waals surface area contributed by atoms with Gasteiger partial charge >= 0.3 is 36.2 Å². The maximum Gasteiger partial charge on any atom is 0.408 e. The average molecular weight is 1910 g/mol. The SMILES string of the molecule is C=CCC#N.CC(=O)CCOCC(COCCC(C)=O)(COCCC(C)=O)NC(=O)OCc1ccccc1.CC(=O)CCOCC(N)(COCCC(C)=O)COCCC(C)=O.CC(C)(C)OC(=O)NCCCN.NC(CO)(CO)CO.O=C(O)CCOCC(COCCC(=O)O)(COCCC(=O)O)NC(=O)OCc1ccccc1.[C-]#[N+]CCOCC(N)(COCC[N+]#[C-])COCC[N+]#[C-]. The molecular formula is C90H147N11O33. The zero-order chi connectivity index (χ0) is 102. The molecule has 2 rings (SSSR count). The fourth-order valence-electron chi connectivity index (χ4n) is 8.85. The smallest absolute Gasteiger partial charge is 0.408 e. The van der Waals surface area contributed by atoms with E-state index in [2.05, 4.69) is 37.1 Å². The highest BCUT2D eigenvalue weighted by molar-refractivity contribution is 5.77. The third-order valence-electron chi connectivity index (χ3n) is 16.0. The number of carboxylic acid groups (broad SMARTS) is 3. The summed E-state index contributed by atoms with van der Waals surface area (Å²) in [6, 6.07) is 20.0. The molecule has 2 aromatic carbocycles. The molecule has 0 aliphatic carbocycles. The van der Waals surface area contributed by atoms with E-state index in [1.807, 2.05) is 63.2 Å². The van der Waals surface area contributed by atoms with Crippen LogP contribution in [0.4, 0.5) is 14.4 Å². The number of nitrogens with one attached hydrogen (secondary N) is 3. The van der Waals surface area contributed by atoms with Gasteiger partial charge in [-0.15, -0.1) is 6.58 Å². The number of rotatable bonds is 70. The molecule has 0 atom stereocenters.